The van der Waals surface area contributed by atoms with Crippen molar-refractivity contribution in [3.05, 3.63) is 89.5 Å². The van der Waals surface area contributed by atoms with Gasteiger partial charge in [-0.1, -0.05) is 12.1 Å². The molecule has 0 bridgehead atoms. The van der Waals surface area contributed by atoms with Crippen LogP contribution in [0, 0.1) is 5.82 Å². The molecule has 8 heteroatoms. The van der Waals surface area contributed by atoms with Crippen molar-refractivity contribution in [3.8, 4) is 16.9 Å². The number of carbonyl (C=O) groups excluding carboxylic acids is 2. The Morgan fingerprint density at radius 1 is 1.03 bits per heavy atom. The Labute approximate surface area is 207 Å². The van der Waals surface area contributed by atoms with Crippen LogP contribution in [-0.2, 0) is 4.74 Å². The molecule has 1 aliphatic rings. The Bertz CT molecular complexity index is 1510. The van der Waals surface area contributed by atoms with Crippen molar-refractivity contribution >= 4 is 28.5 Å². The molecule has 5 rings (SSSR count). The summed E-state index contributed by atoms with van der Waals surface area (Å²) in [6, 6.07) is 14.8. The molecule has 4 aromatic rings. The van der Waals surface area contributed by atoms with Crippen molar-refractivity contribution in [1.29, 1.82) is 0 Å². The molecule has 0 spiro atoms. The predicted molar refractivity (Wildman–Crippen MR) is 134 cm³/mol. The number of carbonyl (C=O) groups is 2. The molecule has 0 saturated carbocycles. The van der Waals surface area contributed by atoms with Gasteiger partial charge in [-0.3, -0.25) is 4.79 Å². The molecule has 2 aromatic heterocycles. The van der Waals surface area contributed by atoms with Crippen LogP contribution in [0.3, 0.4) is 0 Å². The smallest absolute Gasteiger partial charge is 0.337 e. The highest BCUT2D eigenvalue weighted by Gasteiger charge is 2.22. The zero-order valence-corrected chi connectivity index (χ0v) is 19.9. The lowest BCUT2D eigenvalue weighted by molar-refractivity contribution is 0.0600. The van der Waals surface area contributed by atoms with E-state index >= 15 is 0 Å². The first-order valence-corrected chi connectivity index (χ1v) is 11.5. The minimum absolute atomic E-state index is 0.144. The molecular formula is C28H24FN3O4. The fourth-order valence-electron chi connectivity index (χ4n) is 4.50. The first-order valence-electron chi connectivity index (χ1n) is 11.5. The summed E-state index contributed by atoms with van der Waals surface area (Å²) in [5.41, 5.74) is 4.91. The summed E-state index contributed by atoms with van der Waals surface area (Å²) < 4.78 is 24.2. The minimum atomic E-state index is -0.479. The van der Waals surface area contributed by atoms with Crippen LogP contribution >= 0.6 is 0 Å². The molecule has 0 aliphatic carbocycles. The van der Waals surface area contributed by atoms with Crippen molar-refractivity contribution in [3.63, 3.8) is 0 Å². The normalized spacial score (nSPS) is 13.4. The summed E-state index contributed by atoms with van der Waals surface area (Å²) in [7, 11) is 2.87. The third-order valence-corrected chi connectivity index (χ3v) is 6.36. The number of nitrogens with zero attached hydrogens (tertiary/aromatic N) is 2. The molecule has 1 amide bonds. The SMILES string of the molecule is COC(=O)c1cccc(C(=O)N2CC=C(c3cc4c(-c5cc(F)ccc5OC)ccnc4[nH]3)CC2)c1. The largest absolute Gasteiger partial charge is 0.496 e. The maximum atomic E-state index is 14.0. The van der Waals surface area contributed by atoms with Crippen LogP contribution in [0.1, 0.15) is 32.8 Å². The number of hydrogen-bond donors (Lipinski definition) is 1. The molecule has 2 aromatic carbocycles. The van der Waals surface area contributed by atoms with Crippen molar-refractivity contribution in [1.82, 2.24) is 14.9 Å². The number of pyridine rings is 1. The van der Waals surface area contributed by atoms with E-state index in [2.05, 4.69) is 9.97 Å². The van der Waals surface area contributed by atoms with Gasteiger partial charge in [-0.15, -0.1) is 0 Å². The molecule has 3 heterocycles. The van der Waals surface area contributed by atoms with Crippen LogP contribution in [0.25, 0.3) is 27.7 Å². The number of benzene rings is 2. The lowest BCUT2D eigenvalue weighted by atomic mass is 10.0. The van der Waals surface area contributed by atoms with Gasteiger partial charge < -0.3 is 19.4 Å². The van der Waals surface area contributed by atoms with Gasteiger partial charge in [0.25, 0.3) is 5.91 Å². The summed E-state index contributed by atoms with van der Waals surface area (Å²) in [5, 5.41) is 0.857. The number of ether oxygens (including phenoxy) is 2. The number of rotatable bonds is 5. The second-order valence-electron chi connectivity index (χ2n) is 8.45. The minimum Gasteiger partial charge on any atom is -0.496 e. The lowest BCUT2D eigenvalue weighted by Crippen LogP contribution is -2.34. The van der Waals surface area contributed by atoms with Gasteiger partial charge in [0, 0.05) is 41.5 Å². The molecule has 1 N–H and O–H groups in total. The second kappa shape index (κ2) is 9.65. The Kier molecular flexibility index (Phi) is 6.25. The number of fused-ring (bicyclic) bond motifs is 1. The first-order chi connectivity index (χ1) is 17.5. The number of hydrogen-bond acceptors (Lipinski definition) is 5. The number of aromatic nitrogens is 2. The summed E-state index contributed by atoms with van der Waals surface area (Å²) in [5.74, 6) is -0.389. The van der Waals surface area contributed by atoms with Crippen molar-refractivity contribution < 1.29 is 23.5 Å². The molecule has 1 aliphatic heterocycles. The van der Waals surface area contributed by atoms with Crippen molar-refractivity contribution in [2.45, 2.75) is 6.42 Å². The summed E-state index contributed by atoms with van der Waals surface area (Å²) in [4.78, 5) is 34.4. The maximum Gasteiger partial charge on any atom is 0.337 e. The highest BCUT2D eigenvalue weighted by Crippen LogP contribution is 2.36. The third-order valence-electron chi connectivity index (χ3n) is 6.36. The van der Waals surface area contributed by atoms with E-state index in [1.807, 2.05) is 18.2 Å². The van der Waals surface area contributed by atoms with E-state index in [-0.39, 0.29) is 11.7 Å². The van der Waals surface area contributed by atoms with E-state index < -0.39 is 5.97 Å². The van der Waals surface area contributed by atoms with Crippen LogP contribution < -0.4 is 4.74 Å². The van der Waals surface area contributed by atoms with E-state index in [4.69, 9.17) is 9.47 Å². The molecule has 7 nitrogen and oxygen atoms in total. The lowest BCUT2D eigenvalue weighted by Gasteiger charge is -2.26. The average molecular weight is 486 g/mol. The molecule has 0 saturated heterocycles. The van der Waals surface area contributed by atoms with Gasteiger partial charge in [0.2, 0.25) is 0 Å². The molecule has 0 unspecified atom stereocenters. The van der Waals surface area contributed by atoms with Crippen LogP contribution in [0.15, 0.2) is 66.9 Å². The number of amides is 1. The van der Waals surface area contributed by atoms with Gasteiger partial charge in [0.15, 0.2) is 0 Å². The molecule has 0 fully saturated rings. The quantitative estimate of drug-likeness (QED) is 0.398. The number of aromatic amines is 1. The molecule has 182 valence electrons. The van der Waals surface area contributed by atoms with E-state index in [0.717, 1.165) is 22.2 Å². The zero-order valence-electron chi connectivity index (χ0n) is 19.9. The van der Waals surface area contributed by atoms with E-state index in [1.54, 1.807) is 48.5 Å². The van der Waals surface area contributed by atoms with E-state index in [1.165, 1.54) is 19.2 Å². The van der Waals surface area contributed by atoms with Gasteiger partial charge in [-0.2, -0.15) is 0 Å². The van der Waals surface area contributed by atoms with Gasteiger partial charge in [-0.25, -0.2) is 14.2 Å². The van der Waals surface area contributed by atoms with Crippen LogP contribution in [0.5, 0.6) is 5.75 Å². The first kappa shape index (κ1) is 23.3. The monoisotopic (exact) mass is 485 g/mol. The second-order valence-corrected chi connectivity index (χ2v) is 8.45. The van der Waals surface area contributed by atoms with E-state index in [9.17, 15) is 14.0 Å². The Morgan fingerprint density at radius 2 is 1.86 bits per heavy atom. The zero-order chi connectivity index (χ0) is 25.2. The number of H-pyrrole nitrogens is 1. The standard InChI is InChI=1S/C28H24FN3O4/c1-35-25-7-6-20(29)15-22(25)21-8-11-30-26-23(21)16-24(31-26)17-9-12-32(13-10-17)27(33)18-4-3-5-19(14-18)28(34)36-2/h3-9,11,14-16H,10,12-13H2,1-2H3,(H,30,31). The Balaban J connectivity index is 1.41. The number of halogens is 1. The summed E-state index contributed by atoms with van der Waals surface area (Å²) in [6.45, 7) is 0.963. The molecular weight excluding hydrogens is 461 g/mol. The van der Waals surface area contributed by atoms with E-state index in [0.29, 0.717) is 47.6 Å². The number of esters is 1. The highest BCUT2D eigenvalue weighted by atomic mass is 19.1. The van der Waals surface area contributed by atoms with Gasteiger partial charge in [0.1, 0.15) is 17.2 Å². The van der Waals surface area contributed by atoms with Gasteiger partial charge in [-0.05, 0) is 66.1 Å². The predicted octanol–water partition coefficient (Wildman–Crippen LogP) is 5.09. The topological polar surface area (TPSA) is 84.5 Å². The summed E-state index contributed by atoms with van der Waals surface area (Å²) in [6.07, 6.45) is 4.34. The number of nitrogens with one attached hydrogen (secondary N) is 1. The molecule has 0 radical (unpaired) electrons. The fraction of sp³-hybridized carbons (Fsp3) is 0.179. The highest BCUT2D eigenvalue weighted by molar-refractivity contribution is 5.99. The van der Waals surface area contributed by atoms with Gasteiger partial charge in [0.05, 0.1) is 19.8 Å². The molecule has 36 heavy (non-hydrogen) atoms. The molecule has 0 atom stereocenters. The average Bonchev–Trinajstić information content (AvgIpc) is 3.37. The number of methoxy groups -OCH3 is 2. The van der Waals surface area contributed by atoms with Crippen LogP contribution in [-0.4, -0.2) is 54.1 Å². The fourth-order valence-corrected chi connectivity index (χ4v) is 4.50. The van der Waals surface area contributed by atoms with Crippen molar-refractivity contribution in [2.75, 3.05) is 27.3 Å². The van der Waals surface area contributed by atoms with Crippen LogP contribution in [0.4, 0.5) is 4.39 Å². The Hall–Kier alpha value is -4.46. The Morgan fingerprint density at radius 3 is 2.61 bits per heavy atom. The summed E-state index contributed by atoms with van der Waals surface area (Å²) >= 11 is 0. The van der Waals surface area contributed by atoms with Gasteiger partial charge >= 0.3 is 5.97 Å². The van der Waals surface area contributed by atoms with Crippen molar-refractivity contribution in [2.24, 2.45) is 0 Å². The van der Waals surface area contributed by atoms with Crippen LogP contribution in [0.2, 0.25) is 0 Å². The third kappa shape index (κ3) is 4.33. The maximum absolute atomic E-state index is 14.0.